The number of nitrogens with one attached hydrogen (secondary N) is 1. The Kier molecular flexibility index (Phi) is 3.40. The average molecular weight is 294 g/mol. The van der Waals surface area contributed by atoms with Gasteiger partial charge in [0, 0.05) is 31.9 Å². The summed E-state index contributed by atoms with van der Waals surface area (Å²) in [5.74, 6) is 0. The largest absolute Gasteiger partial charge is 0.385 e. The van der Waals surface area contributed by atoms with Crippen LogP contribution in [0.4, 0.5) is 5.69 Å². The standard InChI is InChI=1S/C19H22N2O/c22-19(17-4-2-1-3-5-17)8-10-21(11-9-19)18-7-6-15-13-20-14-16(15)12-18/h1-7,12,20,22H,8-11,13-14H2. The van der Waals surface area contributed by atoms with Crippen LogP contribution in [0.3, 0.4) is 0 Å². The van der Waals surface area contributed by atoms with Crippen LogP contribution in [-0.4, -0.2) is 18.2 Å². The number of rotatable bonds is 2. The predicted molar refractivity (Wildman–Crippen MR) is 88.8 cm³/mol. The quantitative estimate of drug-likeness (QED) is 0.894. The zero-order valence-electron chi connectivity index (χ0n) is 12.8. The molecule has 22 heavy (non-hydrogen) atoms. The van der Waals surface area contributed by atoms with Gasteiger partial charge in [-0.2, -0.15) is 0 Å². The Labute approximate surface area is 131 Å². The van der Waals surface area contributed by atoms with E-state index < -0.39 is 5.60 Å². The van der Waals surface area contributed by atoms with E-state index in [4.69, 9.17) is 0 Å². The lowest BCUT2D eigenvalue weighted by Gasteiger charge is -2.39. The van der Waals surface area contributed by atoms with Crippen LogP contribution in [0.2, 0.25) is 0 Å². The zero-order valence-corrected chi connectivity index (χ0v) is 12.8. The fraction of sp³-hybridized carbons (Fsp3) is 0.368. The van der Waals surface area contributed by atoms with Gasteiger partial charge in [0.15, 0.2) is 0 Å². The van der Waals surface area contributed by atoms with E-state index in [1.807, 2.05) is 30.3 Å². The first kappa shape index (κ1) is 13.8. The molecule has 0 saturated carbocycles. The van der Waals surface area contributed by atoms with Gasteiger partial charge in [-0.15, -0.1) is 0 Å². The number of piperidine rings is 1. The Balaban J connectivity index is 1.50. The molecule has 0 radical (unpaired) electrons. The molecule has 4 rings (SSSR count). The van der Waals surface area contributed by atoms with Crippen LogP contribution in [0.5, 0.6) is 0 Å². The van der Waals surface area contributed by atoms with E-state index in [0.29, 0.717) is 0 Å². The van der Waals surface area contributed by atoms with Crippen LogP contribution in [-0.2, 0) is 18.7 Å². The molecule has 2 N–H and O–H groups in total. The molecular formula is C19H22N2O. The summed E-state index contributed by atoms with van der Waals surface area (Å²) in [5, 5.41) is 14.3. The minimum atomic E-state index is -0.671. The summed E-state index contributed by atoms with van der Waals surface area (Å²) in [7, 11) is 0. The van der Waals surface area contributed by atoms with Crippen LogP contribution in [0.25, 0.3) is 0 Å². The highest BCUT2D eigenvalue weighted by Crippen LogP contribution is 2.35. The van der Waals surface area contributed by atoms with Crippen LogP contribution in [0, 0.1) is 0 Å². The molecular weight excluding hydrogens is 272 g/mol. The highest BCUT2D eigenvalue weighted by Gasteiger charge is 2.34. The molecule has 0 amide bonds. The van der Waals surface area contributed by atoms with Crippen molar-refractivity contribution in [2.45, 2.75) is 31.5 Å². The van der Waals surface area contributed by atoms with Crippen LogP contribution in [0.1, 0.15) is 29.5 Å². The maximum Gasteiger partial charge on any atom is 0.0930 e. The van der Waals surface area contributed by atoms with Gasteiger partial charge in [-0.3, -0.25) is 0 Å². The lowest BCUT2D eigenvalue weighted by Crippen LogP contribution is -2.42. The molecule has 0 atom stereocenters. The SMILES string of the molecule is OC1(c2ccccc2)CCN(c2ccc3c(c2)CNC3)CC1. The van der Waals surface area contributed by atoms with E-state index in [1.165, 1.54) is 16.8 Å². The minimum Gasteiger partial charge on any atom is -0.385 e. The van der Waals surface area contributed by atoms with Crippen LogP contribution in [0.15, 0.2) is 48.5 Å². The van der Waals surface area contributed by atoms with E-state index >= 15 is 0 Å². The predicted octanol–water partition coefficient (Wildman–Crippen LogP) is 2.78. The van der Waals surface area contributed by atoms with E-state index in [-0.39, 0.29) is 0 Å². The van der Waals surface area contributed by atoms with Crippen molar-refractivity contribution in [1.29, 1.82) is 0 Å². The first-order valence-corrected chi connectivity index (χ1v) is 8.10. The highest BCUT2D eigenvalue weighted by molar-refractivity contribution is 5.52. The second-order valence-electron chi connectivity index (χ2n) is 6.44. The van der Waals surface area contributed by atoms with Crippen molar-refractivity contribution in [2.24, 2.45) is 0 Å². The third-order valence-electron chi connectivity index (χ3n) is 5.09. The van der Waals surface area contributed by atoms with Crippen LogP contribution < -0.4 is 10.2 Å². The molecule has 0 unspecified atom stereocenters. The second-order valence-corrected chi connectivity index (χ2v) is 6.44. The van der Waals surface area contributed by atoms with Gasteiger partial charge in [-0.05, 0) is 41.7 Å². The number of hydrogen-bond acceptors (Lipinski definition) is 3. The van der Waals surface area contributed by atoms with Gasteiger partial charge >= 0.3 is 0 Å². The molecule has 2 aromatic carbocycles. The van der Waals surface area contributed by atoms with Crippen molar-refractivity contribution >= 4 is 5.69 Å². The van der Waals surface area contributed by atoms with E-state index in [9.17, 15) is 5.11 Å². The topological polar surface area (TPSA) is 35.5 Å². The molecule has 2 aliphatic rings. The van der Waals surface area contributed by atoms with Crippen molar-refractivity contribution in [3.05, 3.63) is 65.2 Å². The Bertz CT molecular complexity index is 660. The molecule has 1 fully saturated rings. The molecule has 2 aliphatic heterocycles. The monoisotopic (exact) mass is 294 g/mol. The minimum absolute atomic E-state index is 0.671. The zero-order chi connectivity index (χ0) is 15.0. The first-order valence-electron chi connectivity index (χ1n) is 8.10. The number of anilines is 1. The van der Waals surface area contributed by atoms with Gasteiger partial charge in [0.05, 0.1) is 5.60 Å². The van der Waals surface area contributed by atoms with Gasteiger partial charge < -0.3 is 15.3 Å². The summed E-state index contributed by atoms with van der Waals surface area (Å²) < 4.78 is 0. The van der Waals surface area contributed by atoms with Gasteiger partial charge in [0.2, 0.25) is 0 Å². The maximum absolute atomic E-state index is 10.9. The summed E-state index contributed by atoms with van der Waals surface area (Å²) in [6.45, 7) is 3.77. The highest BCUT2D eigenvalue weighted by atomic mass is 16.3. The van der Waals surface area contributed by atoms with Gasteiger partial charge in [0.25, 0.3) is 0 Å². The molecule has 1 saturated heterocycles. The third-order valence-corrected chi connectivity index (χ3v) is 5.09. The summed E-state index contributed by atoms with van der Waals surface area (Å²) in [6, 6.07) is 16.9. The average Bonchev–Trinajstić information content (AvgIpc) is 3.04. The number of hydrogen-bond donors (Lipinski definition) is 2. The molecule has 0 spiro atoms. The van der Waals surface area contributed by atoms with E-state index in [2.05, 4.69) is 28.4 Å². The Morgan fingerprint density at radius 3 is 2.41 bits per heavy atom. The Morgan fingerprint density at radius 2 is 1.64 bits per heavy atom. The fourth-order valence-electron chi connectivity index (χ4n) is 3.65. The number of benzene rings is 2. The van der Waals surface area contributed by atoms with Crippen molar-refractivity contribution in [3.8, 4) is 0 Å². The third kappa shape index (κ3) is 2.40. The van der Waals surface area contributed by atoms with Crippen molar-refractivity contribution in [2.75, 3.05) is 18.0 Å². The molecule has 0 aromatic heterocycles. The molecule has 2 aromatic rings. The Hall–Kier alpha value is -1.84. The van der Waals surface area contributed by atoms with Crippen molar-refractivity contribution in [1.82, 2.24) is 5.32 Å². The lowest BCUT2D eigenvalue weighted by atomic mass is 9.84. The molecule has 3 nitrogen and oxygen atoms in total. The smallest absolute Gasteiger partial charge is 0.0930 e. The van der Waals surface area contributed by atoms with Crippen LogP contribution >= 0.6 is 0 Å². The number of fused-ring (bicyclic) bond motifs is 1. The number of nitrogens with zero attached hydrogens (tertiary/aromatic N) is 1. The fourth-order valence-corrected chi connectivity index (χ4v) is 3.65. The van der Waals surface area contributed by atoms with Gasteiger partial charge in [-0.25, -0.2) is 0 Å². The summed E-state index contributed by atoms with van der Waals surface area (Å²) in [4.78, 5) is 2.40. The maximum atomic E-state index is 10.9. The summed E-state index contributed by atoms with van der Waals surface area (Å²) in [5.41, 5.74) is 4.50. The molecule has 2 heterocycles. The van der Waals surface area contributed by atoms with E-state index in [0.717, 1.165) is 44.6 Å². The first-order chi connectivity index (χ1) is 10.7. The number of aliphatic hydroxyl groups is 1. The molecule has 0 bridgehead atoms. The molecule has 114 valence electrons. The molecule has 3 heteroatoms. The summed E-state index contributed by atoms with van der Waals surface area (Å²) in [6.07, 6.45) is 1.57. The lowest BCUT2D eigenvalue weighted by molar-refractivity contribution is 0.0118. The van der Waals surface area contributed by atoms with Crippen molar-refractivity contribution in [3.63, 3.8) is 0 Å². The molecule has 0 aliphatic carbocycles. The van der Waals surface area contributed by atoms with Gasteiger partial charge in [0.1, 0.15) is 0 Å². The normalized spacial score (nSPS) is 20.0. The summed E-state index contributed by atoms with van der Waals surface area (Å²) >= 11 is 0. The second kappa shape index (κ2) is 5.41. The van der Waals surface area contributed by atoms with Crippen molar-refractivity contribution < 1.29 is 5.11 Å². The van der Waals surface area contributed by atoms with Gasteiger partial charge in [-0.1, -0.05) is 36.4 Å². The van der Waals surface area contributed by atoms with E-state index in [1.54, 1.807) is 0 Å². The Morgan fingerprint density at radius 1 is 0.909 bits per heavy atom.